The molecule has 1 fully saturated rings. The van der Waals surface area contributed by atoms with E-state index in [0.29, 0.717) is 16.7 Å². The van der Waals surface area contributed by atoms with Crippen molar-refractivity contribution in [3.8, 4) is 5.75 Å². The minimum Gasteiger partial charge on any atom is -0.494 e. The highest BCUT2D eigenvalue weighted by Crippen LogP contribution is 2.37. The van der Waals surface area contributed by atoms with Crippen LogP contribution >= 0.6 is 0 Å². The highest BCUT2D eigenvalue weighted by atomic mass is 19.2. The van der Waals surface area contributed by atoms with Crippen LogP contribution in [0.4, 0.5) is 8.78 Å². The van der Waals surface area contributed by atoms with E-state index in [-0.39, 0.29) is 5.75 Å². The fourth-order valence-electron chi connectivity index (χ4n) is 5.09. The molecule has 1 aliphatic rings. The van der Waals surface area contributed by atoms with Crippen LogP contribution in [-0.4, -0.2) is 7.11 Å². The van der Waals surface area contributed by atoms with Crippen LogP contribution in [0, 0.1) is 17.6 Å². The average molecular weight is 423 g/mol. The SMILES string of the molecule is CCCC1CCC(c2ccc(CCc3ccc4cc(OC)c(F)c(F)c4c3)cc2)CC1. The lowest BCUT2D eigenvalue weighted by atomic mass is 9.77. The third-order valence-electron chi connectivity index (χ3n) is 6.97. The van der Waals surface area contributed by atoms with E-state index in [1.165, 1.54) is 56.8 Å². The Kier molecular flexibility index (Phi) is 6.89. The van der Waals surface area contributed by atoms with Crippen molar-refractivity contribution in [1.82, 2.24) is 0 Å². The van der Waals surface area contributed by atoms with Crippen LogP contribution in [0.5, 0.6) is 5.75 Å². The molecule has 0 saturated heterocycles. The first-order chi connectivity index (χ1) is 15.1. The van der Waals surface area contributed by atoms with Crippen LogP contribution in [0.2, 0.25) is 0 Å². The van der Waals surface area contributed by atoms with Gasteiger partial charge in [0.15, 0.2) is 11.6 Å². The van der Waals surface area contributed by atoms with Crippen molar-refractivity contribution < 1.29 is 13.5 Å². The lowest BCUT2D eigenvalue weighted by molar-refractivity contribution is 0.308. The number of hydrogen-bond acceptors (Lipinski definition) is 1. The van der Waals surface area contributed by atoms with Crippen LogP contribution in [0.25, 0.3) is 10.8 Å². The van der Waals surface area contributed by atoms with Crippen LogP contribution in [-0.2, 0) is 12.8 Å². The largest absolute Gasteiger partial charge is 0.494 e. The van der Waals surface area contributed by atoms with Gasteiger partial charge in [0.25, 0.3) is 0 Å². The molecule has 3 aromatic rings. The Morgan fingerprint density at radius 1 is 0.839 bits per heavy atom. The number of hydrogen-bond donors (Lipinski definition) is 0. The summed E-state index contributed by atoms with van der Waals surface area (Å²) in [6.45, 7) is 2.29. The van der Waals surface area contributed by atoms with Crippen molar-refractivity contribution in [1.29, 1.82) is 0 Å². The van der Waals surface area contributed by atoms with E-state index in [9.17, 15) is 8.78 Å². The molecule has 0 radical (unpaired) electrons. The Balaban J connectivity index is 1.39. The number of rotatable bonds is 7. The van der Waals surface area contributed by atoms with E-state index in [1.807, 2.05) is 12.1 Å². The van der Waals surface area contributed by atoms with E-state index in [1.54, 1.807) is 12.1 Å². The normalized spacial score (nSPS) is 19.0. The number of ether oxygens (including phenoxy) is 1. The molecular weight excluding hydrogens is 390 g/mol. The van der Waals surface area contributed by atoms with Crippen molar-refractivity contribution in [2.24, 2.45) is 5.92 Å². The fraction of sp³-hybridized carbons (Fsp3) is 0.429. The lowest BCUT2D eigenvalue weighted by Gasteiger charge is -2.28. The molecule has 0 bridgehead atoms. The maximum atomic E-state index is 14.4. The van der Waals surface area contributed by atoms with Crippen molar-refractivity contribution >= 4 is 10.8 Å². The van der Waals surface area contributed by atoms with Gasteiger partial charge >= 0.3 is 0 Å². The van der Waals surface area contributed by atoms with Gasteiger partial charge in [-0.2, -0.15) is 4.39 Å². The highest BCUT2D eigenvalue weighted by Gasteiger charge is 2.21. The van der Waals surface area contributed by atoms with E-state index in [0.717, 1.165) is 24.3 Å². The van der Waals surface area contributed by atoms with Gasteiger partial charge in [-0.25, -0.2) is 4.39 Å². The summed E-state index contributed by atoms with van der Waals surface area (Å²) in [7, 11) is 1.35. The predicted molar refractivity (Wildman–Crippen MR) is 124 cm³/mol. The molecule has 3 aromatic carbocycles. The van der Waals surface area contributed by atoms with Gasteiger partial charge in [0.05, 0.1) is 7.11 Å². The van der Waals surface area contributed by atoms with Crippen molar-refractivity contribution in [2.75, 3.05) is 7.11 Å². The van der Waals surface area contributed by atoms with E-state index < -0.39 is 11.6 Å². The smallest absolute Gasteiger partial charge is 0.201 e. The van der Waals surface area contributed by atoms with Gasteiger partial charge < -0.3 is 4.74 Å². The summed E-state index contributed by atoms with van der Waals surface area (Å²) in [5.74, 6) is -0.184. The van der Waals surface area contributed by atoms with Gasteiger partial charge in [-0.15, -0.1) is 0 Å². The maximum absolute atomic E-state index is 14.4. The van der Waals surface area contributed by atoms with Gasteiger partial charge in [-0.1, -0.05) is 56.2 Å². The molecule has 3 heteroatoms. The van der Waals surface area contributed by atoms with Gasteiger partial charge in [0, 0.05) is 5.39 Å². The second-order valence-electron chi connectivity index (χ2n) is 9.01. The summed E-state index contributed by atoms with van der Waals surface area (Å²) in [5.41, 5.74) is 3.76. The lowest BCUT2D eigenvalue weighted by Crippen LogP contribution is -2.13. The fourth-order valence-corrected chi connectivity index (χ4v) is 5.09. The van der Waals surface area contributed by atoms with E-state index >= 15 is 0 Å². The number of benzene rings is 3. The zero-order valence-corrected chi connectivity index (χ0v) is 18.6. The quantitative estimate of drug-likeness (QED) is 0.375. The molecule has 4 rings (SSSR count). The first-order valence-corrected chi connectivity index (χ1v) is 11.6. The summed E-state index contributed by atoms with van der Waals surface area (Å²) in [6, 6.07) is 16.2. The minimum atomic E-state index is -0.925. The third kappa shape index (κ3) is 4.92. The van der Waals surface area contributed by atoms with Crippen molar-refractivity contribution in [3.63, 3.8) is 0 Å². The molecule has 0 atom stereocenters. The van der Waals surface area contributed by atoms with Gasteiger partial charge in [0.1, 0.15) is 0 Å². The van der Waals surface area contributed by atoms with Crippen LogP contribution in [0.3, 0.4) is 0 Å². The topological polar surface area (TPSA) is 9.23 Å². The molecule has 31 heavy (non-hydrogen) atoms. The maximum Gasteiger partial charge on any atom is 0.201 e. The minimum absolute atomic E-state index is 0.0586. The van der Waals surface area contributed by atoms with Gasteiger partial charge in [0.2, 0.25) is 5.82 Å². The second-order valence-corrected chi connectivity index (χ2v) is 9.01. The van der Waals surface area contributed by atoms with Crippen LogP contribution in [0.1, 0.15) is 68.1 Å². The molecular formula is C28H32F2O. The second kappa shape index (κ2) is 9.80. The summed E-state index contributed by atoms with van der Waals surface area (Å²) in [6.07, 6.45) is 9.72. The number of fused-ring (bicyclic) bond motifs is 1. The van der Waals surface area contributed by atoms with Crippen LogP contribution < -0.4 is 4.74 Å². The van der Waals surface area contributed by atoms with Crippen molar-refractivity contribution in [3.05, 3.63) is 76.9 Å². The molecule has 0 spiro atoms. The van der Waals surface area contributed by atoms with Crippen molar-refractivity contribution in [2.45, 2.75) is 64.2 Å². The molecule has 0 aliphatic heterocycles. The van der Waals surface area contributed by atoms with Gasteiger partial charge in [-0.3, -0.25) is 0 Å². The standard InChI is InChI=1S/C28H32F2O/c1-3-4-19-7-12-22(13-8-19)23-14-9-20(10-15-23)5-6-21-11-16-24-18-26(31-2)28(30)27(29)25(24)17-21/h9-11,14-19,22H,3-8,12-13H2,1-2H3. The Hall–Kier alpha value is -2.42. The highest BCUT2D eigenvalue weighted by molar-refractivity contribution is 5.85. The Bertz CT molecular complexity index is 1020. The zero-order chi connectivity index (χ0) is 21.8. The molecule has 0 unspecified atom stereocenters. The Morgan fingerprint density at radius 2 is 1.52 bits per heavy atom. The average Bonchev–Trinajstić information content (AvgIpc) is 2.81. The number of methoxy groups -OCH3 is 1. The first kappa shape index (κ1) is 21.8. The molecule has 0 heterocycles. The summed E-state index contributed by atoms with van der Waals surface area (Å²) in [4.78, 5) is 0. The third-order valence-corrected chi connectivity index (χ3v) is 6.97. The Morgan fingerprint density at radius 3 is 2.19 bits per heavy atom. The Labute approximate surface area is 184 Å². The molecule has 1 saturated carbocycles. The monoisotopic (exact) mass is 422 g/mol. The molecule has 0 aromatic heterocycles. The summed E-state index contributed by atoms with van der Waals surface area (Å²) >= 11 is 0. The molecule has 1 aliphatic carbocycles. The van der Waals surface area contributed by atoms with E-state index in [4.69, 9.17) is 4.74 Å². The molecule has 0 N–H and O–H groups in total. The number of aryl methyl sites for hydroxylation is 2. The zero-order valence-electron chi connectivity index (χ0n) is 18.6. The van der Waals surface area contributed by atoms with Crippen LogP contribution in [0.15, 0.2) is 48.5 Å². The molecule has 0 amide bonds. The number of halogens is 2. The summed E-state index contributed by atoms with van der Waals surface area (Å²) in [5, 5.41) is 0.960. The summed E-state index contributed by atoms with van der Waals surface area (Å²) < 4.78 is 33.4. The first-order valence-electron chi connectivity index (χ1n) is 11.6. The molecule has 1 nitrogen and oxygen atoms in total. The predicted octanol–water partition coefficient (Wildman–Crippen LogP) is 7.99. The van der Waals surface area contributed by atoms with Gasteiger partial charge in [-0.05, 0) is 84.6 Å². The molecule has 164 valence electrons. The van der Waals surface area contributed by atoms with E-state index in [2.05, 4.69) is 31.2 Å².